The number of aromatic amines is 2. The molecule has 2 bridgehead atoms. The van der Waals surface area contributed by atoms with Gasteiger partial charge in [0.1, 0.15) is 11.3 Å². The van der Waals surface area contributed by atoms with Gasteiger partial charge < -0.3 is 15.4 Å². The van der Waals surface area contributed by atoms with E-state index in [9.17, 15) is 5.11 Å². The van der Waals surface area contributed by atoms with E-state index in [1.807, 2.05) is 18.2 Å². The summed E-state index contributed by atoms with van der Waals surface area (Å²) in [6.07, 6.45) is 10.5. The lowest BCUT2D eigenvalue weighted by Crippen LogP contribution is -2.37. The number of piperidine rings is 1. The Kier molecular flexibility index (Phi) is 4.72. The van der Waals surface area contributed by atoms with E-state index in [0.29, 0.717) is 29.3 Å². The van der Waals surface area contributed by atoms with E-state index >= 15 is 0 Å². The van der Waals surface area contributed by atoms with Gasteiger partial charge in [-0.15, -0.1) is 22.6 Å². The van der Waals surface area contributed by atoms with Gasteiger partial charge in [0.2, 0.25) is 0 Å². The summed E-state index contributed by atoms with van der Waals surface area (Å²) >= 11 is 0. The molecule has 2 fully saturated rings. The van der Waals surface area contributed by atoms with Crippen molar-refractivity contribution in [2.45, 2.75) is 43.7 Å². The average Bonchev–Trinajstić information content (AvgIpc) is 3.47. The normalized spacial score (nSPS) is 22.9. The molecule has 3 aromatic heterocycles. The second-order valence-electron chi connectivity index (χ2n) is 8.26. The molecule has 5 heterocycles. The van der Waals surface area contributed by atoms with Gasteiger partial charge >= 0.3 is 0 Å². The van der Waals surface area contributed by atoms with Gasteiger partial charge in [-0.05, 0) is 55.4 Å². The number of phenolic OH excluding ortho intramolecular Hbond substituents is 1. The fourth-order valence-electron chi connectivity index (χ4n) is 5.03. The summed E-state index contributed by atoms with van der Waals surface area (Å²) in [7, 11) is 0. The molecule has 0 spiro atoms. The number of benzene rings is 1. The highest BCUT2D eigenvalue weighted by Crippen LogP contribution is 2.40. The predicted molar refractivity (Wildman–Crippen MR) is 118 cm³/mol. The molecule has 0 radical (unpaired) electrons. The smallest absolute Gasteiger partial charge is 0.125 e. The van der Waals surface area contributed by atoms with Crippen LogP contribution in [-0.4, -0.2) is 42.6 Å². The Morgan fingerprint density at radius 2 is 1.80 bits per heavy atom. The molecule has 4 N–H and O–H groups in total. The number of aromatic nitrogens is 5. The summed E-state index contributed by atoms with van der Waals surface area (Å²) < 4.78 is 0. The first kappa shape index (κ1) is 19.1. The maximum atomic E-state index is 10.6. The Morgan fingerprint density at radius 3 is 2.53 bits per heavy atom. The third kappa shape index (κ3) is 3.14. The first-order valence-electron chi connectivity index (χ1n) is 10.2. The van der Waals surface area contributed by atoms with E-state index in [1.54, 1.807) is 18.5 Å². The largest absolute Gasteiger partial charge is 0.507 e. The summed E-state index contributed by atoms with van der Waals surface area (Å²) in [5.74, 6) is 0.712. The maximum absolute atomic E-state index is 10.6. The van der Waals surface area contributed by atoms with Crippen molar-refractivity contribution in [3.8, 4) is 28.1 Å². The lowest BCUT2D eigenvalue weighted by atomic mass is 9.87. The Morgan fingerprint density at radius 1 is 0.967 bits per heavy atom. The minimum absolute atomic E-state index is 0. The molecule has 154 valence electrons. The summed E-state index contributed by atoms with van der Waals surface area (Å²) in [6, 6.07) is 8.83. The topological polar surface area (TPSA) is 103 Å². The molecular weight excluding hydrogens is 400 g/mol. The van der Waals surface area contributed by atoms with Crippen molar-refractivity contribution < 1.29 is 5.11 Å². The van der Waals surface area contributed by atoms with Crippen LogP contribution in [0.5, 0.6) is 5.75 Å². The molecule has 2 aliphatic rings. The zero-order chi connectivity index (χ0) is 19.4. The van der Waals surface area contributed by atoms with Crippen molar-refractivity contribution in [2.75, 3.05) is 0 Å². The van der Waals surface area contributed by atoms with Gasteiger partial charge in [0.25, 0.3) is 0 Å². The van der Waals surface area contributed by atoms with Crippen molar-refractivity contribution >= 4 is 23.4 Å². The number of nitrogens with zero attached hydrogens (tertiary/aromatic N) is 3. The van der Waals surface area contributed by atoms with Crippen LogP contribution in [-0.2, 0) is 0 Å². The lowest BCUT2D eigenvalue weighted by Gasteiger charge is -2.28. The maximum Gasteiger partial charge on any atom is 0.125 e. The molecular formula is C22H23ClN6O. The predicted octanol–water partition coefficient (Wildman–Crippen LogP) is 4.14. The molecule has 30 heavy (non-hydrogen) atoms. The summed E-state index contributed by atoms with van der Waals surface area (Å²) in [6.45, 7) is 0. The minimum atomic E-state index is 0. The van der Waals surface area contributed by atoms with Crippen molar-refractivity contribution in [3.63, 3.8) is 0 Å². The van der Waals surface area contributed by atoms with Crippen LogP contribution in [0.25, 0.3) is 33.4 Å². The molecule has 0 aliphatic carbocycles. The van der Waals surface area contributed by atoms with Crippen LogP contribution >= 0.6 is 12.4 Å². The zero-order valence-corrected chi connectivity index (χ0v) is 17.1. The second kappa shape index (κ2) is 7.41. The highest BCUT2D eigenvalue weighted by atomic mass is 35.5. The van der Waals surface area contributed by atoms with Gasteiger partial charge in [-0.2, -0.15) is 5.10 Å². The molecule has 0 amide bonds. The number of H-pyrrole nitrogens is 2. The number of phenols is 1. The first-order valence-corrected chi connectivity index (χ1v) is 10.2. The number of fused-ring (bicyclic) bond motifs is 3. The molecule has 0 saturated carbocycles. The summed E-state index contributed by atoms with van der Waals surface area (Å²) in [5, 5.41) is 30.0. The fraction of sp³-hybridized carbons (Fsp3) is 0.318. The Bertz CT molecular complexity index is 1180. The molecule has 7 nitrogen and oxygen atoms in total. The van der Waals surface area contributed by atoms with E-state index in [1.165, 1.54) is 31.2 Å². The average molecular weight is 423 g/mol. The highest BCUT2D eigenvalue weighted by molar-refractivity contribution is 5.85. The molecule has 4 aromatic rings. The molecule has 1 aromatic carbocycles. The highest BCUT2D eigenvalue weighted by Gasteiger charge is 2.35. The Balaban J connectivity index is 0.00000193. The zero-order valence-electron chi connectivity index (χ0n) is 16.3. The molecule has 8 heteroatoms. The van der Waals surface area contributed by atoms with Gasteiger partial charge in [-0.25, -0.2) is 0 Å². The van der Waals surface area contributed by atoms with Crippen LogP contribution in [0.15, 0.2) is 42.9 Å². The van der Waals surface area contributed by atoms with E-state index in [-0.39, 0.29) is 18.2 Å². The van der Waals surface area contributed by atoms with Crippen LogP contribution in [0.2, 0.25) is 0 Å². The molecule has 2 aliphatic heterocycles. The SMILES string of the molecule is Cl.Oc1cc(-c2cn[nH]c2)ccc1-c1cc2[nH]cc(C3CC4CCC(C3)N4)c2nn1. The number of hydrogen-bond acceptors (Lipinski definition) is 5. The van der Waals surface area contributed by atoms with Gasteiger partial charge in [0, 0.05) is 41.2 Å². The Labute approximate surface area is 179 Å². The molecule has 2 atom stereocenters. The van der Waals surface area contributed by atoms with Crippen LogP contribution in [0.1, 0.15) is 37.2 Å². The summed E-state index contributed by atoms with van der Waals surface area (Å²) in [4.78, 5) is 3.38. The molecule has 2 saturated heterocycles. The van der Waals surface area contributed by atoms with Crippen molar-refractivity contribution in [2.24, 2.45) is 0 Å². The van der Waals surface area contributed by atoms with E-state index in [2.05, 4.69) is 36.9 Å². The molecule has 2 unspecified atom stereocenters. The van der Waals surface area contributed by atoms with E-state index in [0.717, 1.165) is 22.2 Å². The van der Waals surface area contributed by atoms with E-state index in [4.69, 9.17) is 0 Å². The van der Waals surface area contributed by atoms with Crippen LogP contribution < -0.4 is 5.32 Å². The third-order valence-corrected chi connectivity index (χ3v) is 6.47. The van der Waals surface area contributed by atoms with Gasteiger partial charge in [-0.3, -0.25) is 5.10 Å². The molecule has 6 rings (SSSR count). The monoisotopic (exact) mass is 422 g/mol. The standard InChI is InChI=1S/C22H22N6O.ClH/c29-21-7-12(14-9-24-25-10-14)1-4-17(21)19-8-20-22(28-27-19)18(11-23-20)13-5-15-2-3-16(6-13)26-15;/h1,4,7-11,13,15-16,23,26,29H,2-3,5-6H2,(H,24,25);1H. The van der Waals surface area contributed by atoms with Crippen LogP contribution in [0.3, 0.4) is 0 Å². The number of hydrogen-bond donors (Lipinski definition) is 4. The van der Waals surface area contributed by atoms with Crippen LogP contribution in [0.4, 0.5) is 0 Å². The van der Waals surface area contributed by atoms with Gasteiger partial charge in [-0.1, -0.05) is 6.07 Å². The van der Waals surface area contributed by atoms with Gasteiger partial charge in [0.15, 0.2) is 0 Å². The quantitative estimate of drug-likeness (QED) is 0.397. The van der Waals surface area contributed by atoms with Crippen molar-refractivity contribution in [1.29, 1.82) is 0 Å². The van der Waals surface area contributed by atoms with Crippen LogP contribution in [0, 0.1) is 0 Å². The second-order valence-corrected chi connectivity index (χ2v) is 8.26. The number of nitrogens with one attached hydrogen (secondary N) is 3. The Hall–Kier alpha value is -2.90. The van der Waals surface area contributed by atoms with Crippen molar-refractivity contribution in [1.82, 2.24) is 30.7 Å². The van der Waals surface area contributed by atoms with E-state index < -0.39 is 0 Å². The first-order chi connectivity index (χ1) is 14.2. The van der Waals surface area contributed by atoms with Crippen molar-refractivity contribution in [3.05, 3.63) is 48.4 Å². The summed E-state index contributed by atoms with van der Waals surface area (Å²) in [5.41, 5.74) is 6.35. The fourth-order valence-corrected chi connectivity index (χ4v) is 5.03. The van der Waals surface area contributed by atoms with Gasteiger partial charge in [0.05, 0.1) is 17.4 Å². The third-order valence-electron chi connectivity index (χ3n) is 6.47. The number of halogens is 1. The number of rotatable bonds is 3. The lowest BCUT2D eigenvalue weighted by molar-refractivity contribution is 0.364. The minimum Gasteiger partial charge on any atom is -0.507 e. The number of aromatic hydroxyl groups is 1.